The number of amidine groups is 1. The molecule has 2 amide bonds. The third-order valence-electron chi connectivity index (χ3n) is 5.52. The first kappa shape index (κ1) is 22.6. The van der Waals surface area contributed by atoms with E-state index in [4.69, 9.17) is 0 Å². The minimum atomic E-state index is -4.44. The maximum atomic E-state index is 13.1. The van der Waals surface area contributed by atoms with Crippen LogP contribution in [0, 0.1) is 6.92 Å². The quantitative estimate of drug-likeness (QED) is 0.761. The number of hydrogen-bond acceptors (Lipinski definition) is 6. The van der Waals surface area contributed by atoms with Gasteiger partial charge in [-0.1, -0.05) is 17.7 Å². The highest BCUT2D eigenvalue weighted by Gasteiger charge is 2.32. The van der Waals surface area contributed by atoms with Crippen LogP contribution in [0.15, 0.2) is 47.6 Å². The van der Waals surface area contributed by atoms with Gasteiger partial charge in [0.25, 0.3) is 11.8 Å². The number of rotatable bonds is 3. The smallest absolute Gasteiger partial charge is 0.355 e. The van der Waals surface area contributed by atoms with E-state index in [-0.39, 0.29) is 24.2 Å². The number of alkyl halides is 3. The van der Waals surface area contributed by atoms with Crippen LogP contribution in [-0.2, 0) is 15.8 Å². The fourth-order valence-electron chi connectivity index (χ4n) is 3.68. The second kappa shape index (κ2) is 9.08. The van der Waals surface area contributed by atoms with Gasteiger partial charge in [-0.25, -0.2) is 9.99 Å². The van der Waals surface area contributed by atoms with Crippen LogP contribution < -0.4 is 15.3 Å². The molecule has 4 rings (SSSR count). The Balaban J connectivity index is 1.41. The van der Waals surface area contributed by atoms with Crippen molar-refractivity contribution in [1.82, 2.24) is 15.3 Å². The zero-order valence-electron chi connectivity index (χ0n) is 18.0. The summed E-state index contributed by atoms with van der Waals surface area (Å²) in [6.07, 6.45) is -3.00. The predicted octanol–water partition coefficient (Wildman–Crippen LogP) is 2.40. The summed E-state index contributed by atoms with van der Waals surface area (Å²) in [6.45, 7) is 3.57. The largest absolute Gasteiger partial charge is 0.417 e. The summed E-state index contributed by atoms with van der Waals surface area (Å²) in [5, 5.41) is 1.32. The van der Waals surface area contributed by atoms with E-state index in [1.165, 1.54) is 11.1 Å². The number of pyridine rings is 1. The number of carbonyl (C=O) groups is 2. The van der Waals surface area contributed by atoms with Gasteiger partial charge in [0.2, 0.25) is 5.84 Å². The van der Waals surface area contributed by atoms with Crippen molar-refractivity contribution in [3.05, 3.63) is 53.7 Å². The molecule has 1 aromatic carbocycles. The SMILES string of the molecule is Cc1ccc(N2NC(C(=O)N3CCCN(c4ccc(C(F)(F)F)cn4)CC3)=NCC2=O)cc1. The fraction of sp³-hybridized carbons (Fsp3) is 0.364. The number of carbonyl (C=O) groups excluding carboxylic acids is 2. The maximum absolute atomic E-state index is 13.1. The molecule has 2 aliphatic rings. The van der Waals surface area contributed by atoms with Crippen LogP contribution >= 0.6 is 0 Å². The Kier molecular flexibility index (Phi) is 6.21. The van der Waals surface area contributed by atoms with E-state index in [9.17, 15) is 22.8 Å². The molecule has 1 aromatic heterocycles. The molecule has 33 heavy (non-hydrogen) atoms. The third-order valence-corrected chi connectivity index (χ3v) is 5.52. The molecule has 174 valence electrons. The molecule has 0 aliphatic carbocycles. The van der Waals surface area contributed by atoms with Gasteiger partial charge in [0.05, 0.1) is 11.3 Å². The Morgan fingerprint density at radius 2 is 1.79 bits per heavy atom. The number of benzene rings is 1. The van der Waals surface area contributed by atoms with Crippen LogP contribution in [0.25, 0.3) is 0 Å². The van der Waals surface area contributed by atoms with Crippen molar-refractivity contribution >= 4 is 29.2 Å². The van der Waals surface area contributed by atoms with E-state index in [1.54, 1.807) is 17.0 Å². The van der Waals surface area contributed by atoms with E-state index in [0.29, 0.717) is 44.1 Å². The van der Waals surface area contributed by atoms with Gasteiger partial charge in [-0.2, -0.15) is 13.2 Å². The normalized spacial score (nSPS) is 17.4. The van der Waals surface area contributed by atoms with Gasteiger partial charge in [-0.05, 0) is 37.6 Å². The lowest BCUT2D eigenvalue weighted by atomic mass is 10.2. The Hall–Kier alpha value is -3.63. The van der Waals surface area contributed by atoms with Crippen LogP contribution in [0.2, 0.25) is 0 Å². The summed E-state index contributed by atoms with van der Waals surface area (Å²) in [6, 6.07) is 9.67. The number of aryl methyl sites for hydroxylation is 1. The molecule has 0 atom stereocenters. The summed E-state index contributed by atoms with van der Waals surface area (Å²) in [5.41, 5.74) is 3.69. The van der Waals surface area contributed by atoms with Gasteiger partial charge in [0, 0.05) is 32.4 Å². The Morgan fingerprint density at radius 3 is 2.45 bits per heavy atom. The lowest BCUT2D eigenvalue weighted by molar-refractivity contribution is -0.137. The minimum absolute atomic E-state index is 0.0799. The zero-order valence-corrected chi connectivity index (χ0v) is 18.0. The van der Waals surface area contributed by atoms with Crippen LogP contribution in [0.4, 0.5) is 24.7 Å². The number of halogens is 3. The van der Waals surface area contributed by atoms with Crippen molar-refractivity contribution in [2.45, 2.75) is 19.5 Å². The van der Waals surface area contributed by atoms with Crippen molar-refractivity contribution in [2.24, 2.45) is 4.99 Å². The summed E-state index contributed by atoms with van der Waals surface area (Å²) in [5.74, 6) is -0.0921. The molecule has 8 nitrogen and oxygen atoms in total. The average Bonchev–Trinajstić information content (AvgIpc) is 3.05. The van der Waals surface area contributed by atoms with Crippen LogP contribution in [0.5, 0.6) is 0 Å². The number of hydrogen-bond donors (Lipinski definition) is 1. The van der Waals surface area contributed by atoms with E-state index in [0.717, 1.165) is 17.8 Å². The molecule has 0 unspecified atom stereocenters. The molecule has 11 heteroatoms. The van der Waals surface area contributed by atoms with Crippen LogP contribution in [0.1, 0.15) is 17.5 Å². The van der Waals surface area contributed by atoms with Crippen LogP contribution in [-0.4, -0.2) is 60.3 Å². The number of anilines is 2. The van der Waals surface area contributed by atoms with Gasteiger partial charge < -0.3 is 9.80 Å². The van der Waals surface area contributed by atoms with Gasteiger partial charge in [-0.3, -0.25) is 20.0 Å². The number of nitrogens with one attached hydrogen (secondary N) is 1. The second-order valence-corrected chi connectivity index (χ2v) is 7.88. The van der Waals surface area contributed by atoms with E-state index in [1.807, 2.05) is 24.0 Å². The fourth-order valence-corrected chi connectivity index (χ4v) is 3.68. The van der Waals surface area contributed by atoms with Crippen molar-refractivity contribution in [1.29, 1.82) is 0 Å². The molecule has 3 heterocycles. The first-order chi connectivity index (χ1) is 15.7. The van der Waals surface area contributed by atoms with E-state index >= 15 is 0 Å². The minimum Gasteiger partial charge on any atom is -0.355 e. The van der Waals surface area contributed by atoms with Crippen molar-refractivity contribution < 1.29 is 22.8 Å². The highest BCUT2D eigenvalue weighted by molar-refractivity contribution is 6.39. The van der Waals surface area contributed by atoms with Gasteiger partial charge in [0.15, 0.2) is 0 Å². The van der Waals surface area contributed by atoms with E-state index < -0.39 is 11.7 Å². The average molecular weight is 460 g/mol. The zero-order chi connectivity index (χ0) is 23.6. The summed E-state index contributed by atoms with van der Waals surface area (Å²) in [4.78, 5) is 36.9. The lowest BCUT2D eigenvalue weighted by Crippen LogP contribution is -2.56. The highest BCUT2D eigenvalue weighted by atomic mass is 19.4. The highest BCUT2D eigenvalue weighted by Crippen LogP contribution is 2.29. The Morgan fingerprint density at radius 1 is 1.03 bits per heavy atom. The molecular weight excluding hydrogens is 437 g/mol. The summed E-state index contributed by atoms with van der Waals surface area (Å²) in [7, 11) is 0. The van der Waals surface area contributed by atoms with Gasteiger partial charge in [-0.15, -0.1) is 0 Å². The molecule has 1 saturated heterocycles. The van der Waals surface area contributed by atoms with Crippen molar-refractivity contribution in [2.75, 3.05) is 42.6 Å². The number of nitrogens with zero attached hydrogens (tertiary/aromatic N) is 5. The molecule has 0 spiro atoms. The monoisotopic (exact) mass is 460 g/mol. The first-order valence-electron chi connectivity index (χ1n) is 10.5. The van der Waals surface area contributed by atoms with Crippen molar-refractivity contribution in [3.63, 3.8) is 0 Å². The number of amides is 2. The lowest BCUT2D eigenvalue weighted by Gasteiger charge is -2.30. The Bertz CT molecular complexity index is 1050. The summed E-state index contributed by atoms with van der Waals surface area (Å²) < 4.78 is 38.3. The predicted molar refractivity (Wildman–Crippen MR) is 117 cm³/mol. The van der Waals surface area contributed by atoms with Crippen molar-refractivity contribution in [3.8, 4) is 0 Å². The number of aromatic nitrogens is 1. The molecule has 2 aliphatic heterocycles. The molecule has 0 bridgehead atoms. The molecule has 0 saturated carbocycles. The second-order valence-electron chi connectivity index (χ2n) is 7.88. The third kappa shape index (κ3) is 5.07. The molecule has 1 fully saturated rings. The number of aliphatic imine (C=N–C) groups is 1. The topological polar surface area (TPSA) is 81.1 Å². The first-order valence-corrected chi connectivity index (χ1v) is 10.5. The summed E-state index contributed by atoms with van der Waals surface area (Å²) >= 11 is 0. The standard InChI is InChI=1S/C22H23F3N6O2/c1-15-3-6-17(7-4-15)31-19(32)14-27-20(28-31)21(33)30-10-2-9-29(11-12-30)18-8-5-16(13-26-18)22(23,24)25/h3-8,13H,2,9-12,14H2,1H3,(H,27,28). The van der Waals surface area contributed by atoms with Gasteiger partial charge >= 0.3 is 6.18 Å². The Labute approximate surface area is 188 Å². The van der Waals surface area contributed by atoms with Crippen LogP contribution in [0.3, 0.4) is 0 Å². The molecule has 1 N–H and O–H groups in total. The molecular formula is C22H23F3N6O2. The number of hydrazine groups is 1. The van der Waals surface area contributed by atoms with E-state index in [2.05, 4.69) is 15.4 Å². The maximum Gasteiger partial charge on any atom is 0.417 e. The molecule has 0 radical (unpaired) electrons. The van der Waals surface area contributed by atoms with Gasteiger partial charge in [0.1, 0.15) is 12.4 Å². The molecule has 2 aromatic rings.